The molecule has 2 heteroatoms. The van der Waals surface area contributed by atoms with Gasteiger partial charge in [0.2, 0.25) is 0 Å². The van der Waals surface area contributed by atoms with Gasteiger partial charge in [0.1, 0.15) is 5.82 Å². The number of halogens is 2. The molecule has 0 amide bonds. The number of rotatable bonds is 3. The van der Waals surface area contributed by atoms with Crippen molar-refractivity contribution in [1.82, 2.24) is 0 Å². The molecular formula is C11H14ClF. The highest BCUT2D eigenvalue weighted by atomic mass is 35.5. The van der Waals surface area contributed by atoms with Crippen molar-refractivity contribution in [3.8, 4) is 0 Å². The molecule has 0 aliphatic rings. The van der Waals surface area contributed by atoms with Crippen LogP contribution in [0, 0.1) is 11.7 Å². The summed E-state index contributed by atoms with van der Waals surface area (Å²) in [5, 5.41) is 0.542. The number of benzene rings is 1. The van der Waals surface area contributed by atoms with E-state index in [2.05, 4.69) is 13.8 Å². The van der Waals surface area contributed by atoms with E-state index in [9.17, 15) is 4.39 Å². The van der Waals surface area contributed by atoms with E-state index >= 15 is 0 Å². The zero-order chi connectivity index (χ0) is 9.84. The molecular weight excluding hydrogens is 187 g/mol. The first-order valence-corrected chi connectivity index (χ1v) is 4.95. The van der Waals surface area contributed by atoms with Crippen LogP contribution in [0.15, 0.2) is 18.2 Å². The van der Waals surface area contributed by atoms with Crippen LogP contribution in [0.4, 0.5) is 4.39 Å². The molecule has 0 aliphatic heterocycles. The van der Waals surface area contributed by atoms with Gasteiger partial charge in [-0.3, -0.25) is 0 Å². The fourth-order valence-electron chi connectivity index (χ4n) is 1.21. The van der Waals surface area contributed by atoms with Crippen molar-refractivity contribution < 1.29 is 4.39 Å². The van der Waals surface area contributed by atoms with Crippen molar-refractivity contribution in [2.24, 2.45) is 5.92 Å². The molecule has 0 bridgehead atoms. The van der Waals surface area contributed by atoms with Crippen LogP contribution in [0.3, 0.4) is 0 Å². The molecule has 72 valence electrons. The van der Waals surface area contributed by atoms with E-state index in [1.165, 1.54) is 12.1 Å². The predicted molar refractivity (Wildman–Crippen MR) is 54.6 cm³/mol. The van der Waals surface area contributed by atoms with Gasteiger partial charge in [0, 0.05) is 5.02 Å². The second kappa shape index (κ2) is 4.61. The van der Waals surface area contributed by atoms with Gasteiger partial charge in [-0.2, -0.15) is 0 Å². The average molecular weight is 201 g/mol. The maximum atomic E-state index is 12.7. The maximum Gasteiger partial charge on any atom is 0.124 e. The first-order chi connectivity index (χ1) is 6.13. The maximum absolute atomic E-state index is 12.7. The zero-order valence-corrected chi connectivity index (χ0v) is 8.74. The van der Waals surface area contributed by atoms with Crippen LogP contribution in [0.2, 0.25) is 5.02 Å². The Morgan fingerprint density at radius 3 is 2.69 bits per heavy atom. The fourth-order valence-corrected chi connectivity index (χ4v) is 1.45. The lowest BCUT2D eigenvalue weighted by atomic mass is 9.99. The summed E-state index contributed by atoms with van der Waals surface area (Å²) >= 11 is 5.89. The van der Waals surface area contributed by atoms with Crippen molar-refractivity contribution in [3.63, 3.8) is 0 Å². The molecule has 0 N–H and O–H groups in total. The van der Waals surface area contributed by atoms with Crippen molar-refractivity contribution in [2.45, 2.75) is 26.7 Å². The molecule has 0 saturated heterocycles. The van der Waals surface area contributed by atoms with Crippen LogP contribution in [0.25, 0.3) is 0 Å². The van der Waals surface area contributed by atoms with Gasteiger partial charge in [0.25, 0.3) is 0 Å². The quantitative estimate of drug-likeness (QED) is 0.690. The highest BCUT2D eigenvalue weighted by Gasteiger charge is 2.05. The van der Waals surface area contributed by atoms with Crippen LogP contribution in [0.5, 0.6) is 0 Å². The van der Waals surface area contributed by atoms with Gasteiger partial charge >= 0.3 is 0 Å². The smallest absolute Gasteiger partial charge is 0.124 e. The summed E-state index contributed by atoms with van der Waals surface area (Å²) in [4.78, 5) is 0. The molecule has 0 heterocycles. The van der Waals surface area contributed by atoms with Gasteiger partial charge in [-0.05, 0) is 30.0 Å². The van der Waals surface area contributed by atoms with Crippen LogP contribution >= 0.6 is 11.6 Å². The minimum absolute atomic E-state index is 0.266. The molecule has 0 radical (unpaired) electrons. The molecule has 0 aromatic heterocycles. The minimum atomic E-state index is -0.266. The second-order valence-corrected chi connectivity index (χ2v) is 3.86. The highest BCUT2D eigenvalue weighted by Crippen LogP contribution is 2.21. The van der Waals surface area contributed by atoms with Gasteiger partial charge in [0.15, 0.2) is 0 Å². The molecule has 1 unspecified atom stereocenters. The molecule has 1 rings (SSSR count). The summed E-state index contributed by atoms with van der Waals surface area (Å²) in [5.74, 6) is 0.334. The summed E-state index contributed by atoms with van der Waals surface area (Å²) in [6, 6.07) is 4.60. The van der Waals surface area contributed by atoms with Gasteiger partial charge in [-0.25, -0.2) is 4.39 Å². The van der Waals surface area contributed by atoms with E-state index in [0.29, 0.717) is 10.9 Å². The minimum Gasteiger partial charge on any atom is -0.207 e. The van der Waals surface area contributed by atoms with E-state index < -0.39 is 0 Å². The predicted octanol–water partition coefficient (Wildman–Crippen LogP) is 4.07. The third-order valence-corrected chi connectivity index (χ3v) is 2.63. The molecule has 1 aromatic carbocycles. The molecule has 0 spiro atoms. The third kappa shape index (κ3) is 3.00. The molecule has 1 aromatic rings. The standard InChI is InChI=1S/C11H14ClF/c1-3-8(2)6-9-4-5-10(13)7-11(9)12/h4-5,7-8H,3,6H2,1-2H3. The molecule has 13 heavy (non-hydrogen) atoms. The lowest BCUT2D eigenvalue weighted by Crippen LogP contribution is -1.98. The zero-order valence-electron chi connectivity index (χ0n) is 7.98. The monoisotopic (exact) mass is 200 g/mol. The Kier molecular flexibility index (Phi) is 3.73. The highest BCUT2D eigenvalue weighted by molar-refractivity contribution is 6.31. The normalized spacial score (nSPS) is 12.9. The van der Waals surface area contributed by atoms with E-state index in [0.717, 1.165) is 18.4 Å². The van der Waals surface area contributed by atoms with E-state index in [-0.39, 0.29) is 5.82 Å². The summed E-state index contributed by atoms with van der Waals surface area (Å²) in [6.07, 6.45) is 2.04. The van der Waals surface area contributed by atoms with Gasteiger partial charge in [-0.1, -0.05) is 37.9 Å². The molecule has 0 fully saturated rings. The average Bonchev–Trinajstić information content (AvgIpc) is 2.09. The van der Waals surface area contributed by atoms with Crippen molar-refractivity contribution in [2.75, 3.05) is 0 Å². The molecule has 1 atom stereocenters. The third-order valence-electron chi connectivity index (χ3n) is 2.28. The Bertz CT molecular complexity index is 283. The van der Waals surface area contributed by atoms with E-state index in [4.69, 9.17) is 11.6 Å². The summed E-state index contributed by atoms with van der Waals surface area (Å²) in [7, 11) is 0. The van der Waals surface area contributed by atoms with Gasteiger partial charge in [-0.15, -0.1) is 0 Å². The summed E-state index contributed by atoms with van der Waals surface area (Å²) < 4.78 is 12.7. The Labute approximate surface area is 83.7 Å². The van der Waals surface area contributed by atoms with Gasteiger partial charge in [0.05, 0.1) is 0 Å². The number of hydrogen-bond acceptors (Lipinski definition) is 0. The lowest BCUT2D eigenvalue weighted by molar-refractivity contribution is 0.558. The van der Waals surface area contributed by atoms with Gasteiger partial charge < -0.3 is 0 Å². The Morgan fingerprint density at radius 2 is 2.15 bits per heavy atom. The van der Waals surface area contributed by atoms with Crippen LogP contribution in [0.1, 0.15) is 25.8 Å². The second-order valence-electron chi connectivity index (χ2n) is 3.45. The van der Waals surface area contributed by atoms with E-state index in [1.807, 2.05) is 0 Å². The Morgan fingerprint density at radius 1 is 1.46 bits per heavy atom. The SMILES string of the molecule is CCC(C)Cc1ccc(F)cc1Cl. The molecule has 0 nitrogen and oxygen atoms in total. The Balaban J connectivity index is 2.77. The Hall–Kier alpha value is -0.560. The largest absolute Gasteiger partial charge is 0.207 e. The fraction of sp³-hybridized carbons (Fsp3) is 0.455. The van der Waals surface area contributed by atoms with E-state index in [1.54, 1.807) is 6.07 Å². The topological polar surface area (TPSA) is 0 Å². The molecule has 0 aliphatic carbocycles. The number of hydrogen-bond donors (Lipinski definition) is 0. The van der Waals surface area contributed by atoms with Crippen molar-refractivity contribution in [3.05, 3.63) is 34.6 Å². The van der Waals surface area contributed by atoms with Crippen molar-refractivity contribution in [1.29, 1.82) is 0 Å². The first-order valence-electron chi connectivity index (χ1n) is 4.57. The molecule has 0 saturated carbocycles. The van der Waals surface area contributed by atoms with Crippen LogP contribution in [-0.4, -0.2) is 0 Å². The lowest BCUT2D eigenvalue weighted by Gasteiger charge is -2.09. The van der Waals surface area contributed by atoms with Crippen molar-refractivity contribution >= 4 is 11.6 Å². The van der Waals surface area contributed by atoms with Crippen LogP contribution < -0.4 is 0 Å². The summed E-state index contributed by atoms with van der Waals surface area (Å²) in [5.41, 5.74) is 1.04. The van der Waals surface area contributed by atoms with Crippen LogP contribution in [-0.2, 0) is 6.42 Å². The summed E-state index contributed by atoms with van der Waals surface area (Å²) in [6.45, 7) is 4.31. The first kappa shape index (κ1) is 10.5.